The molecule has 8 heteroatoms. The van der Waals surface area contributed by atoms with Gasteiger partial charge in [0, 0.05) is 6.54 Å². The highest BCUT2D eigenvalue weighted by atomic mass is 32.2. The Hall–Kier alpha value is -2.68. The van der Waals surface area contributed by atoms with Crippen molar-refractivity contribution in [2.75, 3.05) is 24.2 Å². The number of anilines is 1. The summed E-state index contributed by atoms with van der Waals surface area (Å²) >= 11 is 1.42. The fourth-order valence-electron chi connectivity index (χ4n) is 3.26. The molecule has 150 valence electrons. The van der Waals surface area contributed by atoms with Gasteiger partial charge in [-0.3, -0.25) is 10.2 Å². The van der Waals surface area contributed by atoms with Crippen LogP contribution in [0, 0.1) is 5.92 Å². The Morgan fingerprint density at radius 3 is 2.86 bits per heavy atom. The van der Waals surface area contributed by atoms with E-state index in [0.717, 1.165) is 17.4 Å². The number of nitrogens with one attached hydrogen (secondary N) is 3. The maximum atomic E-state index is 12.6. The molecule has 1 amide bonds. The smallest absolute Gasteiger partial charge is 0.360 e. The Balaban J connectivity index is 1.46. The first kappa shape index (κ1) is 19.6. The minimum Gasteiger partial charge on any atom is -0.492 e. The summed E-state index contributed by atoms with van der Waals surface area (Å²) in [6, 6.07) is 17.5. The van der Waals surface area contributed by atoms with Crippen LogP contribution in [0.4, 0.5) is 11.4 Å². The molecule has 2 atom stereocenters. The molecule has 2 aromatic rings. The van der Waals surface area contributed by atoms with Crippen LogP contribution in [-0.2, 0) is 4.79 Å². The zero-order valence-electron chi connectivity index (χ0n) is 16.2. The Morgan fingerprint density at radius 2 is 2.03 bits per heavy atom. The van der Waals surface area contributed by atoms with E-state index in [1.807, 2.05) is 61.5 Å². The predicted molar refractivity (Wildman–Crippen MR) is 117 cm³/mol. The first-order valence-corrected chi connectivity index (χ1v) is 10.6. The molecule has 2 unspecified atom stereocenters. The Bertz CT molecular complexity index is 932. The summed E-state index contributed by atoms with van der Waals surface area (Å²) in [5, 5.41) is 3.73. The van der Waals surface area contributed by atoms with E-state index in [-0.39, 0.29) is 23.7 Å². The fourth-order valence-corrected chi connectivity index (χ4v) is 4.08. The van der Waals surface area contributed by atoms with E-state index in [9.17, 15) is 4.79 Å². The average Bonchev–Trinajstić information content (AvgIpc) is 3.21. The fraction of sp³-hybridized carbons (Fsp3) is 0.286. The molecule has 0 saturated carbocycles. The summed E-state index contributed by atoms with van der Waals surface area (Å²) < 4.78 is 7.65. The molecule has 2 aliphatic heterocycles. The largest absolute Gasteiger partial charge is 0.492 e. The zero-order chi connectivity index (χ0) is 20.1. The number of carbonyl (C=O) groups excluding carboxylic acids is 1. The van der Waals surface area contributed by atoms with Crippen molar-refractivity contribution in [1.29, 1.82) is 0 Å². The van der Waals surface area contributed by atoms with Gasteiger partial charge in [-0.15, -0.1) is 0 Å². The maximum absolute atomic E-state index is 12.6. The molecule has 2 aromatic carbocycles. The zero-order valence-corrected chi connectivity index (χ0v) is 17.0. The summed E-state index contributed by atoms with van der Waals surface area (Å²) in [6.07, 6.45) is 2.16. The highest BCUT2D eigenvalue weighted by molar-refractivity contribution is 8.14. The van der Waals surface area contributed by atoms with Gasteiger partial charge in [0.1, 0.15) is 11.4 Å². The van der Waals surface area contributed by atoms with Crippen LogP contribution in [0.2, 0.25) is 0 Å². The highest BCUT2D eigenvalue weighted by Gasteiger charge is 2.38. The first-order valence-electron chi connectivity index (χ1n) is 9.64. The van der Waals surface area contributed by atoms with Gasteiger partial charge in [0.25, 0.3) is 0 Å². The number of ether oxygens (including phenoxy) is 1. The number of para-hydroxylation sites is 3. The van der Waals surface area contributed by atoms with E-state index in [1.165, 1.54) is 11.8 Å². The third-order valence-electron chi connectivity index (χ3n) is 4.62. The molecule has 7 nitrogen and oxygen atoms in total. The monoisotopic (exact) mass is 410 g/mol. The minimum atomic E-state index is -0.0995. The number of hydrazine groups is 1. The lowest BCUT2D eigenvalue weighted by Crippen LogP contribution is -2.37. The molecule has 0 spiro atoms. The van der Waals surface area contributed by atoms with E-state index >= 15 is 0 Å². The number of nitrogens with zero attached hydrogens (tertiary/aromatic N) is 2. The topological polar surface area (TPSA) is 77.8 Å². The van der Waals surface area contributed by atoms with Crippen molar-refractivity contribution in [3.8, 4) is 5.75 Å². The van der Waals surface area contributed by atoms with Crippen LogP contribution >= 0.6 is 11.8 Å². The van der Waals surface area contributed by atoms with Crippen LogP contribution in [-0.4, -0.2) is 46.9 Å². The van der Waals surface area contributed by atoms with E-state index < -0.39 is 0 Å². The number of fused-ring (bicyclic) bond motifs is 1. The molecule has 0 bridgehead atoms. The van der Waals surface area contributed by atoms with Crippen molar-refractivity contribution in [1.82, 2.24) is 10.9 Å². The van der Waals surface area contributed by atoms with E-state index in [4.69, 9.17) is 9.73 Å². The van der Waals surface area contributed by atoms with Gasteiger partial charge in [0.05, 0.1) is 30.2 Å². The first-order chi connectivity index (χ1) is 14.2. The third kappa shape index (κ3) is 4.67. The summed E-state index contributed by atoms with van der Waals surface area (Å²) in [6.45, 7) is 3.29. The molecule has 2 aliphatic rings. The number of hydrogen-bond donors (Lipinski definition) is 3. The number of benzene rings is 2. The quantitative estimate of drug-likeness (QED) is 0.638. The lowest BCUT2D eigenvalue weighted by atomic mass is 10.1. The number of rotatable bonds is 6. The molecular weight excluding hydrogens is 386 g/mol. The number of aliphatic imine (C=N–C) groups is 1. The van der Waals surface area contributed by atoms with Crippen molar-refractivity contribution in [2.45, 2.75) is 13.1 Å². The number of amides is 1. The highest BCUT2D eigenvalue weighted by Crippen LogP contribution is 2.26. The van der Waals surface area contributed by atoms with Gasteiger partial charge in [0.15, 0.2) is 0 Å². The molecular formula is C21H24N5O2S+. The van der Waals surface area contributed by atoms with Gasteiger partial charge < -0.3 is 10.1 Å². The van der Waals surface area contributed by atoms with Crippen molar-refractivity contribution >= 4 is 40.4 Å². The number of carbonyl (C=O) groups is 1. The summed E-state index contributed by atoms with van der Waals surface area (Å²) in [4.78, 5) is 17.4. The van der Waals surface area contributed by atoms with Crippen LogP contribution in [0.5, 0.6) is 5.75 Å². The molecule has 1 fully saturated rings. The third-order valence-corrected chi connectivity index (χ3v) is 5.58. The minimum absolute atomic E-state index is 0.0146. The second-order valence-corrected chi connectivity index (χ2v) is 7.61. The SMILES string of the molecule is CCOc1ccccc1NC(=O)CSC1=NC2NNCC2C=[N+]1c1ccccc1. The summed E-state index contributed by atoms with van der Waals surface area (Å²) in [7, 11) is 0. The van der Waals surface area contributed by atoms with Crippen molar-refractivity contribution < 1.29 is 14.1 Å². The molecule has 3 N–H and O–H groups in total. The number of amidine groups is 1. The van der Waals surface area contributed by atoms with Gasteiger partial charge in [0.2, 0.25) is 12.1 Å². The van der Waals surface area contributed by atoms with Crippen LogP contribution in [0.3, 0.4) is 0 Å². The predicted octanol–water partition coefficient (Wildman–Crippen LogP) is 2.59. The summed E-state index contributed by atoms with van der Waals surface area (Å²) in [5.74, 6) is 1.09. The van der Waals surface area contributed by atoms with Gasteiger partial charge >= 0.3 is 5.17 Å². The molecule has 0 aromatic heterocycles. The van der Waals surface area contributed by atoms with Crippen molar-refractivity contribution in [2.24, 2.45) is 10.9 Å². The Morgan fingerprint density at radius 1 is 1.24 bits per heavy atom. The van der Waals surface area contributed by atoms with Gasteiger partial charge in [-0.05, 0) is 43.0 Å². The molecule has 4 rings (SSSR count). The standard InChI is InChI=1S/C21H23N5O2S/c1-2-28-18-11-7-6-10-17(18)23-19(27)14-29-21-24-20-15(12-22-25-20)13-26(21)16-8-4-3-5-9-16/h3-11,13,15,20,22,25H,2,12,14H2,1H3/p+1. The number of thioether (sulfide) groups is 1. The van der Waals surface area contributed by atoms with E-state index in [0.29, 0.717) is 18.0 Å². The molecule has 29 heavy (non-hydrogen) atoms. The van der Waals surface area contributed by atoms with Gasteiger partial charge in [-0.1, -0.05) is 35.3 Å². The molecule has 1 saturated heterocycles. The van der Waals surface area contributed by atoms with Crippen LogP contribution in [0.15, 0.2) is 59.6 Å². The summed E-state index contributed by atoms with van der Waals surface area (Å²) in [5.41, 5.74) is 8.05. The molecule has 2 heterocycles. The lowest BCUT2D eigenvalue weighted by Gasteiger charge is -2.16. The number of hydrogen-bond acceptors (Lipinski definition) is 6. The maximum Gasteiger partial charge on any atom is 0.360 e. The van der Waals surface area contributed by atoms with Gasteiger partial charge in [-0.25, -0.2) is 5.43 Å². The molecule has 0 aliphatic carbocycles. The van der Waals surface area contributed by atoms with E-state index in [2.05, 4.69) is 27.0 Å². The second kappa shape index (κ2) is 9.21. The molecule has 0 radical (unpaired) electrons. The Kier molecular flexibility index (Phi) is 6.24. The van der Waals surface area contributed by atoms with Gasteiger partial charge in [-0.2, -0.15) is 4.58 Å². The van der Waals surface area contributed by atoms with Crippen molar-refractivity contribution in [3.05, 3.63) is 54.6 Å². The van der Waals surface area contributed by atoms with E-state index in [1.54, 1.807) is 0 Å². The second-order valence-electron chi connectivity index (χ2n) is 6.67. The normalized spacial score (nSPS) is 20.4. The average molecular weight is 411 g/mol. The lowest BCUT2D eigenvalue weighted by molar-refractivity contribution is -0.300. The van der Waals surface area contributed by atoms with Crippen LogP contribution in [0.25, 0.3) is 0 Å². The van der Waals surface area contributed by atoms with Crippen LogP contribution < -0.4 is 20.9 Å². The van der Waals surface area contributed by atoms with Crippen LogP contribution in [0.1, 0.15) is 6.92 Å². The van der Waals surface area contributed by atoms with Crippen molar-refractivity contribution in [3.63, 3.8) is 0 Å². The Labute approximate surface area is 174 Å².